The van der Waals surface area contributed by atoms with Crippen LogP contribution < -0.4 is 0 Å². The lowest BCUT2D eigenvalue weighted by atomic mass is 10.2. The van der Waals surface area contributed by atoms with Crippen LogP contribution in [0, 0.1) is 0 Å². The first-order chi connectivity index (χ1) is 9.31. The number of benzene rings is 2. The fraction of sp³-hybridized carbons (Fsp3) is 0.133. The molecule has 4 heteroatoms. The number of imidazole rings is 1. The highest BCUT2D eigenvalue weighted by molar-refractivity contribution is 6.32. The third-order valence-corrected chi connectivity index (χ3v) is 3.55. The van der Waals surface area contributed by atoms with Gasteiger partial charge < -0.3 is 0 Å². The van der Waals surface area contributed by atoms with Crippen LogP contribution >= 0.6 is 23.2 Å². The van der Waals surface area contributed by atoms with Crippen molar-refractivity contribution < 1.29 is 0 Å². The maximum Gasteiger partial charge on any atom is 0.115 e. The summed E-state index contributed by atoms with van der Waals surface area (Å²) in [6.07, 6.45) is 0.710. The summed E-state index contributed by atoms with van der Waals surface area (Å²) in [6, 6.07) is 15.8. The van der Waals surface area contributed by atoms with Gasteiger partial charge in [0, 0.05) is 12.3 Å². The third kappa shape index (κ3) is 2.22. The summed E-state index contributed by atoms with van der Waals surface area (Å²) in [4.78, 5) is 4.64. The molecule has 0 aliphatic carbocycles. The maximum atomic E-state index is 6.31. The minimum atomic E-state index is 0.535. The maximum absolute atomic E-state index is 6.31. The highest BCUT2D eigenvalue weighted by Gasteiger charge is 2.13. The second kappa shape index (κ2) is 5.24. The summed E-state index contributed by atoms with van der Waals surface area (Å²) >= 11 is 12.2. The molecule has 96 valence electrons. The van der Waals surface area contributed by atoms with Crippen molar-refractivity contribution in [3.8, 4) is 5.69 Å². The fourth-order valence-electron chi connectivity index (χ4n) is 2.23. The zero-order valence-corrected chi connectivity index (χ0v) is 11.7. The largest absolute Gasteiger partial charge is 0.295 e. The van der Waals surface area contributed by atoms with Crippen LogP contribution in [0.1, 0.15) is 5.82 Å². The molecule has 0 spiro atoms. The fourth-order valence-corrected chi connectivity index (χ4v) is 2.62. The van der Waals surface area contributed by atoms with Gasteiger partial charge in [-0.2, -0.15) is 0 Å². The van der Waals surface area contributed by atoms with Crippen LogP contribution in [0.25, 0.3) is 16.7 Å². The second-order valence-electron chi connectivity index (χ2n) is 4.24. The van der Waals surface area contributed by atoms with E-state index in [1.54, 1.807) is 0 Å². The molecule has 0 atom stereocenters. The van der Waals surface area contributed by atoms with Crippen molar-refractivity contribution in [3.63, 3.8) is 0 Å². The Labute approximate surface area is 121 Å². The van der Waals surface area contributed by atoms with Crippen molar-refractivity contribution in [3.05, 3.63) is 59.4 Å². The first-order valence-electron chi connectivity index (χ1n) is 6.08. The molecule has 0 fully saturated rings. The van der Waals surface area contributed by atoms with Crippen molar-refractivity contribution in [1.29, 1.82) is 0 Å². The summed E-state index contributed by atoms with van der Waals surface area (Å²) in [7, 11) is 0. The van der Waals surface area contributed by atoms with Gasteiger partial charge in [0.1, 0.15) is 5.82 Å². The smallest absolute Gasteiger partial charge is 0.115 e. The zero-order valence-electron chi connectivity index (χ0n) is 10.2. The summed E-state index contributed by atoms with van der Waals surface area (Å²) in [5.74, 6) is 1.47. The van der Waals surface area contributed by atoms with Crippen LogP contribution in [0.15, 0.2) is 48.5 Å². The molecule has 2 aromatic carbocycles. The molecule has 0 radical (unpaired) electrons. The highest BCUT2D eigenvalue weighted by atomic mass is 35.5. The van der Waals surface area contributed by atoms with Gasteiger partial charge in [0.15, 0.2) is 0 Å². The normalized spacial score (nSPS) is 11.1. The van der Waals surface area contributed by atoms with Gasteiger partial charge in [0.2, 0.25) is 0 Å². The number of halogens is 2. The Bertz CT molecular complexity index is 719. The first kappa shape index (κ1) is 12.5. The third-order valence-electron chi connectivity index (χ3n) is 3.04. The van der Waals surface area contributed by atoms with E-state index in [1.165, 1.54) is 0 Å². The van der Waals surface area contributed by atoms with Crippen LogP contribution in [-0.2, 0) is 6.42 Å². The monoisotopic (exact) mass is 290 g/mol. The van der Waals surface area contributed by atoms with Crippen molar-refractivity contribution in [2.24, 2.45) is 0 Å². The predicted octanol–water partition coefficient (Wildman–Crippen LogP) is 4.46. The average molecular weight is 291 g/mol. The molecule has 0 aliphatic rings. The van der Waals surface area contributed by atoms with E-state index in [1.807, 2.05) is 48.5 Å². The molecule has 0 saturated carbocycles. The summed E-state index contributed by atoms with van der Waals surface area (Å²) in [6.45, 7) is 0. The van der Waals surface area contributed by atoms with E-state index >= 15 is 0 Å². The van der Waals surface area contributed by atoms with Gasteiger partial charge in [-0.25, -0.2) is 4.98 Å². The Kier molecular flexibility index (Phi) is 3.45. The van der Waals surface area contributed by atoms with E-state index in [9.17, 15) is 0 Å². The SMILES string of the molecule is ClCCc1nc2ccccc2n1-c1ccccc1Cl. The highest BCUT2D eigenvalue weighted by Crippen LogP contribution is 2.27. The summed E-state index contributed by atoms with van der Waals surface area (Å²) in [5.41, 5.74) is 2.95. The van der Waals surface area contributed by atoms with Crippen LogP contribution in [0.2, 0.25) is 5.02 Å². The topological polar surface area (TPSA) is 17.8 Å². The molecular weight excluding hydrogens is 279 g/mol. The second-order valence-corrected chi connectivity index (χ2v) is 5.03. The number of fused-ring (bicyclic) bond motifs is 1. The van der Waals surface area contributed by atoms with Crippen LogP contribution in [0.5, 0.6) is 0 Å². The molecule has 0 saturated heterocycles. The molecule has 0 bridgehead atoms. The zero-order chi connectivity index (χ0) is 13.2. The molecule has 0 amide bonds. The Hall–Kier alpha value is -1.51. The first-order valence-corrected chi connectivity index (χ1v) is 7.00. The summed E-state index contributed by atoms with van der Waals surface area (Å²) < 4.78 is 2.08. The molecule has 1 heterocycles. The number of para-hydroxylation sites is 3. The lowest BCUT2D eigenvalue weighted by molar-refractivity contribution is 0.912. The van der Waals surface area contributed by atoms with Crippen molar-refractivity contribution in [1.82, 2.24) is 9.55 Å². The molecule has 3 aromatic rings. The van der Waals surface area contributed by atoms with Gasteiger partial charge in [-0.05, 0) is 24.3 Å². The molecule has 2 nitrogen and oxygen atoms in total. The Morgan fingerprint density at radius 3 is 2.53 bits per heavy atom. The molecule has 0 N–H and O–H groups in total. The minimum absolute atomic E-state index is 0.535. The van der Waals surface area contributed by atoms with Gasteiger partial charge in [-0.3, -0.25) is 4.57 Å². The lowest BCUT2D eigenvalue weighted by Gasteiger charge is -2.10. The average Bonchev–Trinajstić information content (AvgIpc) is 2.78. The van der Waals surface area contributed by atoms with Gasteiger partial charge in [-0.15, -0.1) is 11.6 Å². The number of aryl methyl sites for hydroxylation is 1. The van der Waals surface area contributed by atoms with Crippen LogP contribution in [0.4, 0.5) is 0 Å². The Morgan fingerprint density at radius 1 is 1.00 bits per heavy atom. The number of alkyl halides is 1. The Morgan fingerprint density at radius 2 is 1.74 bits per heavy atom. The van der Waals surface area contributed by atoms with E-state index in [0.29, 0.717) is 17.3 Å². The molecule has 0 unspecified atom stereocenters. The molecular formula is C15H12Cl2N2. The van der Waals surface area contributed by atoms with E-state index < -0.39 is 0 Å². The van der Waals surface area contributed by atoms with E-state index in [2.05, 4.69) is 9.55 Å². The van der Waals surface area contributed by atoms with Gasteiger partial charge in [-0.1, -0.05) is 35.9 Å². The molecule has 3 rings (SSSR count). The summed E-state index contributed by atoms with van der Waals surface area (Å²) in [5, 5.41) is 0.710. The number of aromatic nitrogens is 2. The van der Waals surface area contributed by atoms with Crippen molar-refractivity contribution in [2.45, 2.75) is 6.42 Å². The molecule has 0 aliphatic heterocycles. The van der Waals surface area contributed by atoms with Gasteiger partial charge in [0.05, 0.1) is 21.7 Å². The number of hydrogen-bond donors (Lipinski definition) is 0. The predicted molar refractivity (Wildman–Crippen MR) is 80.5 cm³/mol. The van der Waals surface area contributed by atoms with E-state index in [0.717, 1.165) is 22.5 Å². The molecule has 1 aromatic heterocycles. The Balaban J connectivity index is 2.31. The number of hydrogen-bond acceptors (Lipinski definition) is 1. The standard InChI is InChI=1S/C15H12Cl2N2/c16-10-9-15-18-12-6-2-4-8-14(12)19(15)13-7-3-1-5-11(13)17/h1-8H,9-10H2. The quantitative estimate of drug-likeness (QED) is 0.651. The van der Waals surface area contributed by atoms with Crippen molar-refractivity contribution in [2.75, 3.05) is 5.88 Å². The number of rotatable bonds is 3. The van der Waals surface area contributed by atoms with Gasteiger partial charge >= 0.3 is 0 Å². The number of nitrogens with zero attached hydrogens (tertiary/aromatic N) is 2. The van der Waals surface area contributed by atoms with Gasteiger partial charge in [0.25, 0.3) is 0 Å². The van der Waals surface area contributed by atoms with E-state index in [-0.39, 0.29) is 0 Å². The van der Waals surface area contributed by atoms with Crippen LogP contribution in [0.3, 0.4) is 0 Å². The van der Waals surface area contributed by atoms with Crippen LogP contribution in [-0.4, -0.2) is 15.4 Å². The van der Waals surface area contributed by atoms with Crippen molar-refractivity contribution >= 4 is 34.2 Å². The van der Waals surface area contributed by atoms with E-state index in [4.69, 9.17) is 23.2 Å². The minimum Gasteiger partial charge on any atom is -0.295 e. The molecule has 19 heavy (non-hydrogen) atoms. The lowest BCUT2D eigenvalue weighted by Crippen LogP contribution is -2.02.